The lowest BCUT2D eigenvalue weighted by Crippen LogP contribution is -2.29. The van der Waals surface area contributed by atoms with Crippen molar-refractivity contribution in [2.75, 3.05) is 12.1 Å². The SMILES string of the molecule is CC(=O)c1ccc2c(c1)C1C=CCC1[C@H](c1cc3c(cc1Br)OCO3)N2. The Balaban J connectivity index is 1.59. The number of benzene rings is 2. The number of allylic oxidation sites excluding steroid dienone is 2. The molecule has 2 aliphatic heterocycles. The Morgan fingerprint density at radius 2 is 1.96 bits per heavy atom. The summed E-state index contributed by atoms with van der Waals surface area (Å²) in [6.45, 7) is 1.89. The van der Waals surface area contributed by atoms with Crippen molar-refractivity contribution in [3.63, 3.8) is 0 Å². The Hall–Kier alpha value is -2.27. The van der Waals surface area contributed by atoms with E-state index in [9.17, 15) is 4.79 Å². The summed E-state index contributed by atoms with van der Waals surface area (Å²) in [4.78, 5) is 11.8. The van der Waals surface area contributed by atoms with Gasteiger partial charge in [-0.05, 0) is 60.7 Å². The first-order valence-corrected chi connectivity index (χ1v) is 9.58. The highest BCUT2D eigenvalue weighted by molar-refractivity contribution is 9.10. The normalized spacial score (nSPS) is 24.8. The Bertz CT molecular complexity index is 953. The van der Waals surface area contributed by atoms with Gasteiger partial charge in [0.05, 0.1) is 6.04 Å². The molecule has 4 nitrogen and oxygen atoms in total. The van der Waals surface area contributed by atoms with Crippen LogP contribution < -0.4 is 14.8 Å². The number of hydrogen-bond donors (Lipinski definition) is 1. The van der Waals surface area contributed by atoms with Gasteiger partial charge in [-0.2, -0.15) is 0 Å². The van der Waals surface area contributed by atoms with Crippen molar-refractivity contribution in [1.29, 1.82) is 0 Å². The van der Waals surface area contributed by atoms with Gasteiger partial charge in [-0.15, -0.1) is 0 Å². The first-order chi connectivity index (χ1) is 12.6. The summed E-state index contributed by atoms with van der Waals surface area (Å²) in [7, 11) is 0. The second-order valence-electron chi connectivity index (χ2n) is 7.06. The quantitative estimate of drug-likeness (QED) is 0.544. The standard InChI is InChI=1S/C21H18BrNO3/c1-11(24)12-5-6-18-15(7-12)13-3-2-4-14(13)21(23-18)16-8-19-20(9-17(16)22)26-10-25-19/h2-3,5-9,13-14,21,23H,4,10H2,1H3/t13?,14?,21-/m1/s1. The lowest BCUT2D eigenvalue weighted by Gasteiger charge is -2.38. The number of carbonyl (C=O) groups excluding carboxylic acids is 1. The van der Waals surface area contributed by atoms with Crippen LogP contribution in [0.4, 0.5) is 5.69 Å². The van der Waals surface area contributed by atoms with E-state index >= 15 is 0 Å². The Morgan fingerprint density at radius 3 is 2.77 bits per heavy atom. The molecular weight excluding hydrogens is 394 g/mol. The zero-order chi connectivity index (χ0) is 17.8. The van der Waals surface area contributed by atoms with Crippen LogP contribution in [0.15, 0.2) is 47.0 Å². The molecular formula is C21H18BrNO3. The Labute approximate surface area is 160 Å². The Kier molecular flexibility index (Phi) is 3.60. The predicted octanol–water partition coefficient (Wildman–Crippen LogP) is 5.21. The molecule has 0 saturated heterocycles. The van der Waals surface area contributed by atoms with Gasteiger partial charge in [0.25, 0.3) is 0 Å². The van der Waals surface area contributed by atoms with E-state index in [0.717, 1.165) is 33.6 Å². The van der Waals surface area contributed by atoms with Gasteiger partial charge in [0.2, 0.25) is 6.79 Å². The molecule has 5 heteroatoms. The highest BCUT2D eigenvalue weighted by atomic mass is 79.9. The van der Waals surface area contributed by atoms with Crippen molar-refractivity contribution in [3.8, 4) is 11.5 Å². The van der Waals surface area contributed by atoms with Crippen LogP contribution >= 0.6 is 15.9 Å². The molecule has 0 aromatic heterocycles. The summed E-state index contributed by atoms with van der Waals surface area (Å²) in [5, 5.41) is 3.71. The number of carbonyl (C=O) groups is 1. The Morgan fingerprint density at radius 1 is 1.15 bits per heavy atom. The molecule has 0 saturated carbocycles. The highest BCUT2D eigenvalue weighted by Gasteiger charge is 2.39. The topological polar surface area (TPSA) is 47.6 Å². The fourth-order valence-corrected chi connectivity index (χ4v) is 4.86. The minimum Gasteiger partial charge on any atom is -0.454 e. The van der Waals surface area contributed by atoms with E-state index in [2.05, 4.69) is 39.5 Å². The fraction of sp³-hybridized carbons (Fsp3) is 0.286. The fourth-order valence-electron chi connectivity index (χ4n) is 4.29. The summed E-state index contributed by atoms with van der Waals surface area (Å²) in [5.41, 5.74) is 4.25. The number of ether oxygens (including phenoxy) is 2. The third-order valence-corrected chi connectivity index (χ3v) is 6.28. The summed E-state index contributed by atoms with van der Waals surface area (Å²) >= 11 is 3.71. The van der Waals surface area contributed by atoms with Gasteiger partial charge in [-0.25, -0.2) is 0 Å². The number of Topliss-reactive ketones (excluding diaryl/α,β-unsaturated/α-hetero) is 1. The van der Waals surface area contributed by atoms with E-state index in [-0.39, 0.29) is 18.6 Å². The minimum absolute atomic E-state index is 0.104. The number of hydrogen-bond acceptors (Lipinski definition) is 4. The molecule has 2 aromatic rings. The van der Waals surface area contributed by atoms with Gasteiger partial charge < -0.3 is 14.8 Å². The second-order valence-corrected chi connectivity index (χ2v) is 7.92. The maximum absolute atomic E-state index is 11.8. The molecule has 0 radical (unpaired) electrons. The third kappa shape index (κ3) is 2.37. The molecule has 3 atom stereocenters. The zero-order valence-electron chi connectivity index (χ0n) is 14.3. The minimum atomic E-state index is 0.104. The molecule has 2 aromatic carbocycles. The lowest BCUT2D eigenvalue weighted by atomic mass is 9.76. The van der Waals surface area contributed by atoms with Gasteiger partial charge in [0, 0.05) is 21.6 Å². The van der Waals surface area contributed by atoms with Gasteiger partial charge >= 0.3 is 0 Å². The molecule has 2 heterocycles. The van der Waals surface area contributed by atoms with E-state index in [1.54, 1.807) is 6.92 Å². The summed E-state index contributed by atoms with van der Waals surface area (Å²) in [6, 6.07) is 10.2. The molecule has 3 aliphatic rings. The van der Waals surface area contributed by atoms with Crippen molar-refractivity contribution in [3.05, 3.63) is 63.6 Å². The molecule has 132 valence electrons. The molecule has 2 unspecified atom stereocenters. The largest absolute Gasteiger partial charge is 0.454 e. The second kappa shape index (κ2) is 5.88. The van der Waals surface area contributed by atoms with E-state index < -0.39 is 0 Å². The van der Waals surface area contributed by atoms with Crippen LogP contribution in [-0.2, 0) is 0 Å². The third-order valence-electron chi connectivity index (χ3n) is 5.60. The summed E-state index contributed by atoms with van der Waals surface area (Å²) in [5.74, 6) is 2.40. The molecule has 0 bridgehead atoms. The first-order valence-electron chi connectivity index (χ1n) is 8.79. The van der Waals surface area contributed by atoms with Crippen LogP contribution in [0.2, 0.25) is 0 Å². The average molecular weight is 412 g/mol. The van der Waals surface area contributed by atoms with Crippen LogP contribution in [0.5, 0.6) is 11.5 Å². The summed E-state index contributed by atoms with van der Waals surface area (Å²) in [6.07, 6.45) is 5.54. The van der Waals surface area contributed by atoms with Crippen LogP contribution in [-0.4, -0.2) is 12.6 Å². The van der Waals surface area contributed by atoms with Crippen molar-refractivity contribution in [1.82, 2.24) is 0 Å². The van der Waals surface area contributed by atoms with Crippen LogP contribution in [0, 0.1) is 5.92 Å². The number of fused-ring (bicyclic) bond motifs is 4. The number of halogens is 1. The van der Waals surface area contributed by atoms with E-state index in [4.69, 9.17) is 9.47 Å². The molecule has 1 aliphatic carbocycles. The van der Waals surface area contributed by atoms with Crippen molar-refractivity contribution in [2.45, 2.75) is 25.3 Å². The van der Waals surface area contributed by atoms with Crippen molar-refractivity contribution < 1.29 is 14.3 Å². The maximum atomic E-state index is 11.8. The average Bonchev–Trinajstić information content (AvgIpc) is 3.29. The van der Waals surface area contributed by atoms with Crippen LogP contribution in [0.25, 0.3) is 0 Å². The van der Waals surface area contributed by atoms with Gasteiger partial charge in [-0.3, -0.25) is 4.79 Å². The smallest absolute Gasteiger partial charge is 0.231 e. The molecule has 1 N–H and O–H groups in total. The molecule has 0 amide bonds. The first kappa shape index (κ1) is 15.9. The number of anilines is 1. The number of rotatable bonds is 2. The van der Waals surface area contributed by atoms with Gasteiger partial charge in [-0.1, -0.05) is 28.1 Å². The van der Waals surface area contributed by atoms with E-state index in [1.807, 2.05) is 24.3 Å². The molecule has 0 spiro atoms. The zero-order valence-corrected chi connectivity index (χ0v) is 15.9. The lowest BCUT2D eigenvalue weighted by molar-refractivity contribution is 0.101. The molecule has 26 heavy (non-hydrogen) atoms. The van der Waals surface area contributed by atoms with Crippen LogP contribution in [0.3, 0.4) is 0 Å². The highest BCUT2D eigenvalue weighted by Crippen LogP contribution is 2.52. The van der Waals surface area contributed by atoms with E-state index in [1.165, 1.54) is 11.1 Å². The number of nitrogens with one attached hydrogen (secondary N) is 1. The molecule has 5 rings (SSSR count). The monoisotopic (exact) mass is 411 g/mol. The molecule has 0 fully saturated rings. The maximum Gasteiger partial charge on any atom is 0.231 e. The van der Waals surface area contributed by atoms with Crippen molar-refractivity contribution >= 4 is 27.4 Å². The van der Waals surface area contributed by atoms with Gasteiger partial charge in [0.15, 0.2) is 17.3 Å². The van der Waals surface area contributed by atoms with Crippen molar-refractivity contribution in [2.24, 2.45) is 5.92 Å². The predicted molar refractivity (Wildman–Crippen MR) is 103 cm³/mol. The number of ketones is 1. The van der Waals surface area contributed by atoms with E-state index in [0.29, 0.717) is 11.8 Å². The van der Waals surface area contributed by atoms with Gasteiger partial charge in [0.1, 0.15) is 0 Å². The van der Waals surface area contributed by atoms with Crippen LogP contribution in [0.1, 0.15) is 46.8 Å². The summed E-state index contributed by atoms with van der Waals surface area (Å²) < 4.78 is 12.1.